The SMILES string of the molecule is CCN1C(=O)C=C(C)OS1(=O)=O. The number of rotatable bonds is 1. The van der Waals surface area contributed by atoms with Crippen LogP contribution < -0.4 is 0 Å². The molecule has 1 amide bonds. The Kier molecular flexibility index (Phi) is 2.10. The van der Waals surface area contributed by atoms with Crippen molar-refractivity contribution in [2.45, 2.75) is 13.8 Å². The Hall–Kier alpha value is -1.04. The molecule has 0 fully saturated rings. The summed E-state index contributed by atoms with van der Waals surface area (Å²) in [6, 6.07) is 0. The van der Waals surface area contributed by atoms with E-state index in [-0.39, 0.29) is 12.3 Å². The molecule has 6 heteroatoms. The maximum Gasteiger partial charge on any atom is 0.412 e. The predicted molar refractivity (Wildman–Crippen MR) is 41.1 cm³/mol. The van der Waals surface area contributed by atoms with Gasteiger partial charge >= 0.3 is 10.3 Å². The molecule has 1 heterocycles. The van der Waals surface area contributed by atoms with Crippen LogP contribution in [0.15, 0.2) is 11.8 Å². The Morgan fingerprint density at radius 1 is 1.58 bits per heavy atom. The third-order valence-electron chi connectivity index (χ3n) is 1.37. The number of nitrogens with zero attached hydrogens (tertiary/aromatic N) is 1. The first-order valence-corrected chi connectivity index (χ1v) is 4.78. The summed E-state index contributed by atoms with van der Waals surface area (Å²) >= 11 is 0. The Balaban J connectivity index is 3.12. The molecule has 0 aromatic carbocycles. The molecule has 0 unspecified atom stereocenters. The van der Waals surface area contributed by atoms with Gasteiger partial charge < -0.3 is 4.18 Å². The van der Waals surface area contributed by atoms with Gasteiger partial charge in [-0.3, -0.25) is 4.79 Å². The molecule has 12 heavy (non-hydrogen) atoms. The standard InChI is InChI=1S/C6H9NO4S/c1-3-7-6(8)4-5(2)11-12(7,9)10/h4H,3H2,1-2H3. The molecule has 0 bridgehead atoms. The first kappa shape index (κ1) is 9.05. The minimum atomic E-state index is -3.86. The van der Waals surface area contributed by atoms with E-state index in [1.165, 1.54) is 6.92 Å². The molecular formula is C6H9NO4S. The second-order valence-corrected chi connectivity index (χ2v) is 3.76. The van der Waals surface area contributed by atoms with Crippen LogP contribution in [0.2, 0.25) is 0 Å². The molecule has 0 aromatic rings. The summed E-state index contributed by atoms with van der Waals surface area (Å²) in [7, 11) is -3.86. The summed E-state index contributed by atoms with van der Waals surface area (Å²) in [5.41, 5.74) is 0. The summed E-state index contributed by atoms with van der Waals surface area (Å²) in [6.07, 6.45) is 1.14. The zero-order valence-corrected chi connectivity index (χ0v) is 7.59. The van der Waals surface area contributed by atoms with Crippen LogP contribution in [0.3, 0.4) is 0 Å². The summed E-state index contributed by atoms with van der Waals surface area (Å²) in [5.74, 6) is -0.453. The summed E-state index contributed by atoms with van der Waals surface area (Å²) < 4.78 is 27.3. The molecule has 5 nitrogen and oxygen atoms in total. The topological polar surface area (TPSA) is 63.7 Å². The molecule has 0 aliphatic carbocycles. The second kappa shape index (κ2) is 2.78. The van der Waals surface area contributed by atoms with Crippen molar-refractivity contribution in [3.63, 3.8) is 0 Å². The Morgan fingerprint density at radius 3 is 2.58 bits per heavy atom. The maximum absolute atomic E-state index is 11.1. The van der Waals surface area contributed by atoms with E-state index >= 15 is 0 Å². The lowest BCUT2D eigenvalue weighted by molar-refractivity contribution is -0.122. The van der Waals surface area contributed by atoms with Gasteiger partial charge in [-0.15, -0.1) is 0 Å². The van der Waals surface area contributed by atoms with E-state index in [0.29, 0.717) is 4.31 Å². The van der Waals surface area contributed by atoms with Gasteiger partial charge in [0.25, 0.3) is 5.91 Å². The van der Waals surface area contributed by atoms with Gasteiger partial charge in [0.15, 0.2) is 0 Å². The van der Waals surface area contributed by atoms with Crippen LogP contribution in [0.5, 0.6) is 0 Å². The number of likely N-dealkylation sites (N-methyl/N-ethyl adjacent to an activating group) is 1. The highest BCUT2D eigenvalue weighted by atomic mass is 32.2. The van der Waals surface area contributed by atoms with Crippen molar-refractivity contribution < 1.29 is 17.4 Å². The predicted octanol–water partition coefficient (Wildman–Crippen LogP) is 0.0137. The average Bonchev–Trinajstić information content (AvgIpc) is 1.82. The van der Waals surface area contributed by atoms with E-state index in [0.717, 1.165) is 6.08 Å². The Bertz CT molecular complexity index is 329. The van der Waals surface area contributed by atoms with Gasteiger partial charge in [-0.2, -0.15) is 8.42 Å². The first-order valence-electron chi connectivity index (χ1n) is 3.42. The molecule has 0 saturated heterocycles. The fourth-order valence-corrected chi connectivity index (χ4v) is 1.96. The van der Waals surface area contributed by atoms with Gasteiger partial charge in [0.1, 0.15) is 5.76 Å². The molecule has 1 aliphatic rings. The van der Waals surface area contributed by atoms with Gasteiger partial charge in [-0.05, 0) is 13.8 Å². The highest BCUT2D eigenvalue weighted by molar-refractivity contribution is 7.85. The lowest BCUT2D eigenvalue weighted by Crippen LogP contribution is -2.39. The fraction of sp³-hybridized carbons (Fsp3) is 0.500. The molecule has 0 N–H and O–H groups in total. The number of hydrogen-bond acceptors (Lipinski definition) is 4. The van der Waals surface area contributed by atoms with Gasteiger partial charge in [-0.1, -0.05) is 0 Å². The van der Waals surface area contributed by atoms with Crippen LogP contribution in [0.4, 0.5) is 0 Å². The minimum Gasteiger partial charge on any atom is -0.371 e. The lowest BCUT2D eigenvalue weighted by Gasteiger charge is -2.22. The number of amides is 1. The van der Waals surface area contributed by atoms with Crippen LogP contribution in [-0.2, 0) is 19.3 Å². The largest absolute Gasteiger partial charge is 0.412 e. The first-order chi connectivity index (χ1) is 5.47. The highest BCUT2D eigenvalue weighted by Crippen LogP contribution is 2.15. The number of allylic oxidation sites excluding steroid dienone is 1. The Labute approximate surface area is 70.9 Å². The average molecular weight is 191 g/mol. The Morgan fingerprint density at radius 2 is 2.17 bits per heavy atom. The maximum atomic E-state index is 11.1. The van der Waals surface area contributed by atoms with E-state index in [2.05, 4.69) is 4.18 Å². The molecule has 68 valence electrons. The third-order valence-corrected chi connectivity index (χ3v) is 2.82. The molecule has 1 aliphatic heterocycles. The summed E-state index contributed by atoms with van der Waals surface area (Å²) in [5, 5.41) is 0. The molecule has 0 radical (unpaired) electrons. The van der Waals surface area contributed by atoms with Crippen LogP contribution in [-0.4, -0.2) is 25.2 Å². The second-order valence-electron chi connectivity index (χ2n) is 2.30. The van der Waals surface area contributed by atoms with E-state index in [1.807, 2.05) is 0 Å². The van der Waals surface area contributed by atoms with Crippen molar-refractivity contribution in [3.05, 3.63) is 11.8 Å². The van der Waals surface area contributed by atoms with Crippen LogP contribution in [0.25, 0.3) is 0 Å². The van der Waals surface area contributed by atoms with Gasteiger partial charge in [0.2, 0.25) is 0 Å². The zero-order valence-electron chi connectivity index (χ0n) is 6.77. The van der Waals surface area contributed by atoms with E-state index < -0.39 is 16.2 Å². The lowest BCUT2D eigenvalue weighted by atomic mass is 10.4. The van der Waals surface area contributed by atoms with Crippen molar-refractivity contribution in [2.75, 3.05) is 6.54 Å². The molecule has 0 spiro atoms. The van der Waals surface area contributed by atoms with Gasteiger partial charge in [0.05, 0.1) is 0 Å². The molecule has 0 aromatic heterocycles. The number of hydrogen-bond donors (Lipinski definition) is 0. The highest BCUT2D eigenvalue weighted by Gasteiger charge is 2.30. The van der Waals surface area contributed by atoms with Crippen molar-refractivity contribution in [2.24, 2.45) is 0 Å². The van der Waals surface area contributed by atoms with Crippen LogP contribution in [0.1, 0.15) is 13.8 Å². The summed E-state index contributed by atoms with van der Waals surface area (Å²) in [6.45, 7) is 3.07. The molecular weight excluding hydrogens is 182 g/mol. The van der Waals surface area contributed by atoms with Crippen LogP contribution >= 0.6 is 0 Å². The van der Waals surface area contributed by atoms with Crippen molar-refractivity contribution >= 4 is 16.2 Å². The fourth-order valence-electron chi connectivity index (χ4n) is 0.905. The number of carbonyl (C=O) groups excluding carboxylic acids is 1. The summed E-state index contributed by atoms with van der Waals surface area (Å²) in [4.78, 5) is 11.0. The minimum absolute atomic E-state index is 0.0882. The smallest absolute Gasteiger partial charge is 0.371 e. The van der Waals surface area contributed by atoms with Crippen molar-refractivity contribution in [3.8, 4) is 0 Å². The molecule has 0 atom stereocenters. The molecule has 0 saturated carbocycles. The zero-order chi connectivity index (χ0) is 9.35. The molecule has 1 rings (SSSR count). The normalized spacial score (nSPS) is 21.7. The van der Waals surface area contributed by atoms with E-state index in [4.69, 9.17) is 0 Å². The number of carbonyl (C=O) groups is 1. The third kappa shape index (κ3) is 1.42. The van der Waals surface area contributed by atoms with Crippen LogP contribution in [0, 0.1) is 0 Å². The van der Waals surface area contributed by atoms with Gasteiger partial charge in [-0.25, -0.2) is 4.31 Å². The van der Waals surface area contributed by atoms with Gasteiger partial charge in [0, 0.05) is 12.6 Å². The monoisotopic (exact) mass is 191 g/mol. The van der Waals surface area contributed by atoms with E-state index in [1.54, 1.807) is 6.92 Å². The van der Waals surface area contributed by atoms with E-state index in [9.17, 15) is 13.2 Å². The van der Waals surface area contributed by atoms with Crippen molar-refractivity contribution in [1.82, 2.24) is 4.31 Å². The quantitative estimate of drug-likeness (QED) is 0.586. The van der Waals surface area contributed by atoms with Crippen molar-refractivity contribution in [1.29, 1.82) is 0 Å².